The van der Waals surface area contributed by atoms with Crippen molar-refractivity contribution in [1.29, 1.82) is 0 Å². The third-order valence-corrected chi connectivity index (χ3v) is 4.23. The molecule has 4 N–H and O–H groups in total. The highest BCUT2D eigenvalue weighted by molar-refractivity contribution is 5.76. The third-order valence-electron chi connectivity index (χ3n) is 4.23. The number of hydrogen-bond acceptors (Lipinski definition) is 6. The van der Waals surface area contributed by atoms with Crippen molar-refractivity contribution in [1.82, 2.24) is 15.2 Å². The van der Waals surface area contributed by atoms with E-state index in [2.05, 4.69) is 10.3 Å². The Balaban J connectivity index is 2.10. The Morgan fingerprint density at radius 3 is 2.67 bits per heavy atom. The SMILES string of the molecule is CNC(=O)C[C@@H]1[C@@H](O)[C@H](O)[C@@H](CO)N1C/C=C/c1ccc(F)nc1. The summed E-state index contributed by atoms with van der Waals surface area (Å²) in [4.78, 5) is 16.9. The van der Waals surface area contributed by atoms with E-state index in [0.717, 1.165) is 0 Å². The number of nitrogens with zero attached hydrogens (tertiary/aromatic N) is 2. The maximum atomic E-state index is 12.8. The number of pyridine rings is 1. The van der Waals surface area contributed by atoms with Crippen LogP contribution in [0, 0.1) is 5.95 Å². The molecule has 0 bridgehead atoms. The normalized spacial score (nSPS) is 27.7. The Labute approximate surface area is 139 Å². The van der Waals surface area contributed by atoms with Gasteiger partial charge < -0.3 is 20.6 Å². The molecule has 132 valence electrons. The number of aliphatic hydroxyl groups is 3. The van der Waals surface area contributed by atoms with Crippen LogP contribution in [0.15, 0.2) is 24.4 Å². The van der Waals surface area contributed by atoms with Gasteiger partial charge in [0.25, 0.3) is 0 Å². The van der Waals surface area contributed by atoms with Crippen LogP contribution in [0.25, 0.3) is 6.08 Å². The molecular weight excluding hydrogens is 317 g/mol. The molecule has 1 amide bonds. The summed E-state index contributed by atoms with van der Waals surface area (Å²) < 4.78 is 12.8. The molecule has 0 radical (unpaired) electrons. The van der Waals surface area contributed by atoms with E-state index in [4.69, 9.17) is 0 Å². The number of aliphatic hydroxyl groups excluding tert-OH is 3. The van der Waals surface area contributed by atoms with E-state index in [9.17, 15) is 24.5 Å². The zero-order valence-corrected chi connectivity index (χ0v) is 13.3. The molecule has 2 rings (SSSR count). The van der Waals surface area contributed by atoms with Gasteiger partial charge in [0.1, 0.15) is 0 Å². The number of carbonyl (C=O) groups is 1. The number of halogens is 1. The van der Waals surface area contributed by atoms with Gasteiger partial charge in [0.15, 0.2) is 0 Å². The lowest BCUT2D eigenvalue weighted by molar-refractivity contribution is -0.122. The van der Waals surface area contributed by atoms with Crippen molar-refractivity contribution < 1.29 is 24.5 Å². The van der Waals surface area contributed by atoms with Crippen LogP contribution in [0.5, 0.6) is 0 Å². The summed E-state index contributed by atoms with van der Waals surface area (Å²) in [6, 6.07) is 1.55. The van der Waals surface area contributed by atoms with Gasteiger partial charge in [-0.1, -0.05) is 12.2 Å². The lowest BCUT2D eigenvalue weighted by atomic mass is 10.1. The van der Waals surface area contributed by atoms with Gasteiger partial charge in [0.05, 0.1) is 24.9 Å². The van der Waals surface area contributed by atoms with Gasteiger partial charge >= 0.3 is 0 Å². The van der Waals surface area contributed by atoms with Crippen LogP contribution < -0.4 is 5.32 Å². The molecule has 7 nitrogen and oxygen atoms in total. The van der Waals surface area contributed by atoms with Crippen molar-refractivity contribution in [3.05, 3.63) is 35.9 Å². The second-order valence-electron chi connectivity index (χ2n) is 5.69. The van der Waals surface area contributed by atoms with E-state index in [-0.39, 0.29) is 18.9 Å². The predicted octanol–water partition coefficient (Wildman–Crippen LogP) is -0.863. The molecule has 0 aliphatic carbocycles. The van der Waals surface area contributed by atoms with Crippen LogP contribution in [-0.4, -0.2) is 75.6 Å². The standard InChI is InChI=1S/C16H22FN3O4/c1-18-14(22)7-11-15(23)16(24)12(9-21)20(11)6-2-3-10-4-5-13(17)19-8-10/h2-5,8,11-12,15-16,21,23-24H,6-7,9H2,1H3,(H,18,22)/b3-2+/t11-,12-,15-,16-/m1/s1. The van der Waals surface area contributed by atoms with E-state index in [1.54, 1.807) is 23.1 Å². The summed E-state index contributed by atoms with van der Waals surface area (Å²) in [7, 11) is 1.50. The van der Waals surface area contributed by atoms with Crippen molar-refractivity contribution >= 4 is 12.0 Å². The van der Waals surface area contributed by atoms with E-state index in [1.165, 1.54) is 19.3 Å². The molecule has 8 heteroatoms. The summed E-state index contributed by atoms with van der Waals surface area (Å²) in [5.41, 5.74) is 0.695. The van der Waals surface area contributed by atoms with Crippen molar-refractivity contribution in [2.75, 3.05) is 20.2 Å². The van der Waals surface area contributed by atoms with Crippen LogP contribution in [0.4, 0.5) is 4.39 Å². The maximum Gasteiger partial charge on any atom is 0.221 e. The van der Waals surface area contributed by atoms with E-state index < -0.39 is 30.2 Å². The van der Waals surface area contributed by atoms with Gasteiger partial charge in [-0.25, -0.2) is 4.98 Å². The number of rotatable bonds is 6. The Bertz CT molecular complexity index is 581. The first-order valence-electron chi connectivity index (χ1n) is 7.69. The molecule has 1 aliphatic heterocycles. The molecule has 0 aromatic carbocycles. The monoisotopic (exact) mass is 339 g/mol. The zero-order chi connectivity index (χ0) is 17.7. The second-order valence-corrected chi connectivity index (χ2v) is 5.69. The second kappa shape index (κ2) is 8.29. The maximum absolute atomic E-state index is 12.8. The van der Waals surface area contributed by atoms with Crippen molar-refractivity contribution in [2.45, 2.75) is 30.7 Å². The van der Waals surface area contributed by atoms with E-state index >= 15 is 0 Å². The summed E-state index contributed by atoms with van der Waals surface area (Å²) in [6.45, 7) is -0.0349. The van der Waals surface area contributed by atoms with E-state index in [0.29, 0.717) is 12.1 Å². The first kappa shape index (κ1) is 18.5. The molecule has 2 heterocycles. The molecule has 24 heavy (non-hydrogen) atoms. The van der Waals surface area contributed by atoms with Gasteiger partial charge in [-0.15, -0.1) is 0 Å². The minimum absolute atomic E-state index is 0.0111. The van der Waals surface area contributed by atoms with Crippen molar-refractivity contribution in [2.24, 2.45) is 0 Å². The fraction of sp³-hybridized carbons (Fsp3) is 0.500. The minimum Gasteiger partial charge on any atom is -0.395 e. The number of amides is 1. The third kappa shape index (κ3) is 4.15. The van der Waals surface area contributed by atoms with E-state index in [1.807, 2.05) is 0 Å². The van der Waals surface area contributed by atoms with Crippen molar-refractivity contribution in [3.63, 3.8) is 0 Å². The van der Waals surface area contributed by atoms with Crippen LogP contribution >= 0.6 is 0 Å². The molecule has 4 atom stereocenters. The van der Waals surface area contributed by atoms with Crippen molar-refractivity contribution in [3.8, 4) is 0 Å². The van der Waals surface area contributed by atoms with Gasteiger partial charge in [-0.2, -0.15) is 4.39 Å². The molecule has 0 saturated carbocycles. The molecule has 0 unspecified atom stereocenters. The Morgan fingerprint density at radius 1 is 1.38 bits per heavy atom. The Morgan fingerprint density at radius 2 is 2.08 bits per heavy atom. The molecule has 1 saturated heterocycles. The average Bonchev–Trinajstić information content (AvgIpc) is 2.80. The number of likely N-dealkylation sites (tertiary alicyclic amines) is 1. The largest absolute Gasteiger partial charge is 0.395 e. The quantitative estimate of drug-likeness (QED) is 0.503. The molecule has 1 aliphatic rings. The van der Waals surface area contributed by atoms with Gasteiger partial charge in [0.2, 0.25) is 11.9 Å². The highest BCUT2D eigenvalue weighted by Crippen LogP contribution is 2.27. The number of aromatic nitrogens is 1. The lowest BCUT2D eigenvalue weighted by Gasteiger charge is -2.28. The fourth-order valence-corrected chi connectivity index (χ4v) is 2.90. The zero-order valence-electron chi connectivity index (χ0n) is 13.3. The molecule has 0 spiro atoms. The lowest BCUT2D eigenvalue weighted by Crippen LogP contribution is -2.43. The van der Waals surface area contributed by atoms with Gasteiger partial charge in [0, 0.05) is 32.3 Å². The minimum atomic E-state index is -1.13. The number of hydrogen-bond donors (Lipinski definition) is 4. The van der Waals surface area contributed by atoms with Crippen LogP contribution in [0.3, 0.4) is 0 Å². The molecular formula is C16H22FN3O4. The number of carbonyl (C=O) groups excluding carboxylic acids is 1. The number of nitrogens with one attached hydrogen (secondary N) is 1. The molecule has 1 fully saturated rings. The highest BCUT2D eigenvalue weighted by atomic mass is 19.1. The van der Waals surface area contributed by atoms with Crippen LogP contribution in [0.1, 0.15) is 12.0 Å². The summed E-state index contributed by atoms with van der Waals surface area (Å²) in [5.74, 6) is -0.828. The summed E-state index contributed by atoms with van der Waals surface area (Å²) in [6.07, 6.45) is 2.60. The first-order chi connectivity index (χ1) is 11.5. The molecule has 1 aromatic rings. The van der Waals surface area contributed by atoms with Crippen LogP contribution in [0.2, 0.25) is 0 Å². The summed E-state index contributed by atoms with van der Waals surface area (Å²) >= 11 is 0. The smallest absolute Gasteiger partial charge is 0.221 e. The van der Waals surface area contributed by atoms with Crippen LogP contribution in [-0.2, 0) is 4.79 Å². The topological polar surface area (TPSA) is 106 Å². The fourth-order valence-electron chi connectivity index (χ4n) is 2.90. The average molecular weight is 339 g/mol. The first-order valence-corrected chi connectivity index (χ1v) is 7.69. The predicted molar refractivity (Wildman–Crippen MR) is 85.3 cm³/mol. The molecule has 1 aromatic heterocycles. The Kier molecular flexibility index (Phi) is 6.38. The van der Waals surface area contributed by atoms with Gasteiger partial charge in [-0.05, 0) is 17.7 Å². The highest BCUT2D eigenvalue weighted by Gasteiger charge is 2.47. The van der Waals surface area contributed by atoms with Gasteiger partial charge in [-0.3, -0.25) is 9.69 Å². The summed E-state index contributed by atoms with van der Waals surface area (Å²) in [5, 5.41) is 32.2. The Hall–Kier alpha value is -1.87.